The van der Waals surface area contributed by atoms with Crippen LogP contribution in [0.25, 0.3) is 0 Å². The molecule has 0 spiro atoms. The molecule has 0 heterocycles. The fourth-order valence-electron chi connectivity index (χ4n) is 0.394. The smallest absolute Gasteiger partial charge is 0.335 e. The molecule has 5 nitrogen and oxygen atoms in total. The molecular weight excluding hydrogens is 176 g/mol. The highest BCUT2D eigenvalue weighted by molar-refractivity contribution is 5.91. The number of carbonyl (C=O) groups is 2. The molecule has 0 aromatic rings. The van der Waals surface area contributed by atoms with Gasteiger partial charge in [-0.2, -0.15) is 0 Å². The van der Waals surface area contributed by atoms with E-state index in [9.17, 15) is 9.59 Å². The molecule has 0 unspecified atom stereocenters. The second kappa shape index (κ2) is 6.90. The van der Waals surface area contributed by atoms with Gasteiger partial charge in [-0.05, 0) is 0 Å². The Morgan fingerprint density at radius 2 is 1.62 bits per heavy atom. The lowest BCUT2D eigenvalue weighted by molar-refractivity contribution is -0.136. The molecule has 0 aromatic carbocycles. The number of esters is 2. The first-order valence-corrected chi connectivity index (χ1v) is 3.35. The van der Waals surface area contributed by atoms with Gasteiger partial charge in [-0.1, -0.05) is 0 Å². The maximum absolute atomic E-state index is 10.7. The Bertz CT molecular complexity index is 229. The molecule has 0 saturated heterocycles. The zero-order chi connectivity index (χ0) is 10.1. The maximum Gasteiger partial charge on any atom is 0.335 e. The van der Waals surface area contributed by atoms with Crippen molar-refractivity contribution in [2.75, 3.05) is 14.2 Å². The molecule has 5 heteroatoms. The van der Waals surface area contributed by atoms with E-state index in [1.165, 1.54) is 20.5 Å². The van der Waals surface area contributed by atoms with Crippen molar-refractivity contribution < 1.29 is 23.8 Å². The van der Waals surface area contributed by atoms with Crippen molar-refractivity contribution in [1.29, 1.82) is 0 Å². The zero-order valence-corrected chi connectivity index (χ0v) is 7.35. The fourth-order valence-corrected chi connectivity index (χ4v) is 0.394. The molecule has 0 rings (SSSR count). The molecular formula is C8H10O5. The minimum Gasteiger partial charge on any atom is -0.501 e. The van der Waals surface area contributed by atoms with Crippen LogP contribution in [0, 0.1) is 0 Å². The van der Waals surface area contributed by atoms with Crippen LogP contribution in [-0.2, 0) is 23.8 Å². The van der Waals surface area contributed by atoms with Crippen molar-refractivity contribution in [3.05, 3.63) is 24.7 Å². The number of carbonyl (C=O) groups excluding carboxylic acids is 2. The summed E-state index contributed by atoms with van der Waals surface area (Å²) in [6.07, 6.45) is 4.16. The molecule has 0 atom stereocenters. The lowest BCUT2D eigenvalue weighted by Gasteiger charge is -1.92. The predicted octanol–water partition coefficient (Wildman–Crippen LogP) is 0.376. The Kier molecular flexibility index (Phi) is 5.96. The van der Waals surface area contributed by atoms with Gasteiger partial charge < -0.3 is 14.2 Å². The molecule has 72 valence electrons. The third-order valence-electron chi connectivity index (χ3n) is 0.933. The van der Waals surface area contributed by atoms with E-state index in [4.69, 9.17) is 0 Å². The minimum atomic E-state index is -0.682. The van der Waals surface area contributed by atoms with Crippen molar-refractivity contribution in [3.63, 3.8) is 0 Å². The Morgan fingerprint density at radius 3 is 2.15 bits per heavy atom. The van der Waals surface area contributed by atoms with Gasteiger partial charge in [0.15, 0.2) is 0 Å². The van der Waals surface area contributed by atoms with Gasteiger partial charge in [0, 0.05) is 12.2 Å². The SMILES string of the molecule is CO/C=C/OC(=O)/C=C\C(=O)OC. The molecule has 0 aromatic heterocycles. The van der Waals surface area contributed by atoms with Gasteiger partial charge in [-0.3, -0.25) is 0 Å². The van der Waals surface area contributed by atoms with Crippen LogP contribution in [0.2, 0.25) is 0 Å². The standard InChI is InChI=1S/C8H10O5/c1-11-5-6-13-8(10)4-3-7(9)12-2/h3-6H,1-2H3/b4-3-,6-5+. The van der Waals surface area contributed by atoms with Crippen LogP contribution in [0.15, 0.2) is 24.7 Å². The van der Waals surface area contributed by atoms with Crippen LogP contribution in [0.5, 0.6) is 0 Å². The number of rotatable bonds is 4. The molecule has 0 aliphatic heterocycles. The molecule has 13 heavy (non-hydrogen) atoms. The highest BCUT2D eigenvalue weighted by atomic mass is 16.5. The summed E-state index contributed by atoms with van der Waals surface area (Å²) in [6, 6.07) is 0. The summed E-state index contributed by atoms with van der Waals surface area (Å²) in [5.41, 5.74) is 0. The topological polar surface area (TPSA) is 61.8 Å². The molecule has 0 fully saturated rings. The van der Waals surface area contributed by atoms with Crippen LogP contribution >= 0.6 is 0 Å². The van der Waals surface area contributed by atoms with Gasteiger partial charge in [0.25, 0.3) is 0 Å². The summed E-state index contributed by atoms with van der Waals surface area (Å²) >= 11 is 0. The van der Waals surface area contributed by atoms with E-state index >= 15 is 0 Å². The summed E-state index contributed by atoms with van der Waals surface area (Å²) in [4.78, 5) is 21.2. The Hall–Kier alpha value is -1.78. The lowest BCUT2D eigenvalue weighted by Crippen LogP contribution is -1.98. The fraction of sp³-hybridized carbons (Fsp3) is 0.250. The first-order valence-electron chi connectivity index (χ1n) is 3.35. The summed E-state index contributed by atoms with van der Waals surface area (Å²) in [6.45, 7) is 0. The summed E-state index contributed by atoms with van der Waals surface area (Å²) in [5, 5.41) is 0. The molecule has 0 aliphatic carbocycles. The summed E-state index contributed by atoms with van der Waals surface area (Å²) < 4.78 is 13.2. The van der Waals surface area contributed by atoms with E-state index in [-0.39, 0.29) is 0 Å². The van der Waals surface area contributed by atoms with Crippen LogP contribution < -0.4 is 0 Å². The number of hydrogen-bond acceptors (Lipinski definition) is 5. The van der Waals surface area contributed by atoms with Crippen LogP contribution in [0.3, 0.4) is 0 Å². The van der Waals surface area contributed by atoms with Crippen molar-refractivity contribution in [3.8, 4) is 0 Å². The second-order valence-electron chi connectivity index (χ2n) is 1.80. The van der Waals surface area contributed by atoms with Gasteiger partial charge in [0.2, 0.25) is 0 Å². The van der Waals surface area contributed by atoms with Crippen molar-refractivity contribution in [1.82, 2.24) is 0 Å². The third kappa shape index (κ3) is 6.61. The normalized spacial score (nSPS) is 10.3. The molecule has 0 bridgehead atoms. The Labute approximate surface area is 75.6 Å². The zero-order valence-electron chi connectivity index (χ0n) is 7.35. The summed E-state index contributed by atoms with van der Waals surface area (Å²) in [7, 11) is 2.62. The van der Waals surface area contributed by atoms with Crippen molar-refractivity contribution >= 4 is 11.9 Å². The van der Waals surface area contributed by atoms with E-state index in [2.05, 4.69) is 14.2 Å². The van der Waals surface area contributed by atoms with E-state index in [0.717, 1.165) is 18.4 Å². The Balaban J connectivity index is 3.80. The molecule has 0 amide bonds. The third-order valence-corrected chi connectivity index (χ3v) is 0.933. The van der Waals surface area contributed by atoms with Gasteiger partial charge in [0.1, 0.15) is 12.5 Å². The first kappa shape index (κ1) is 11.2. The minimum absolute atomic E-state index is 0.618. The van der Waals surface area contributed by atoms with Gasteiger partial charge in [-0.15, -0.1) is 0 Å². The van der Waals surface area contributed by atoms with Gasteiger partial charge in [-0.25, -0.2) is 9.59 Å². The highest BCUT2D eigenvalue weighted by Gasteiger charge is 1.96. The van der Waals surface area contributed by atoms with Gasteiger partial charge >= 0.3 is 11.9 Å². The Morgan fingerprint density at radius 1 is 1.00 bits per heavy atom. The molecule has 0 N–H and O–H groups in total. The maximum atomic E-state index is 10.7. The van der Waals surface area contributed by atoms with Crippen molar-refractivity contribution in [2.45, 2.75) is 0 Å². The van der Waals surface area contributed by atoms with E-state index in [0.29, 0.717) is 0 Å². The predicted molar refractivity (Wildman–Crippen MR) is 43.4 cm³/mol. The molecule has 0 aliphatic rings. The molecule has 0 saturated carbocycles. The lowest BCUT2D eigenvalue weighted by atomic mass is 10.5. The van der Waals surface area contributed by atoms with E-state index < -0.39 is 11.9 Å². The molecule has 0 radical (unpaired) electrons. The van der Waals surface area contributed by atoms with Gasteiger partial charge in [0.05, 0.1) is 14.2 Å². The largest absolute Gasteiger partial charge is 0.501 e. The average molecular weight is 186 g/mol. The first-order chi connectivity index (χ1) is 6.20. The van der Waals surface area contributed by atoms with E-state index in [1.54, 1.807) is 0 Å². The quantitative estimate of drug-likeness (QED) is 0.360. The van der Waals surface area contributed by atoms with E-state index in [1.807, 2.05) is 0 Å². The second-order valence-corrected chi connectivity index (χ2v) is 1.80. The number of ether oxygens (including phenoxy) is 3. The summed E-state index contributed by atoms with van der Waals surface area (Å²) in [5.74, 6) is -1.30. The monoisotopic (exact) mass is 186 g/mol. The van der Waals surface area contributed by atoms with Crippen LogP contribution in [0.1, 0.15) is 0 Å². The number of methoxy groups -OCH3 is 2. The van der Waals surface area contributed by atoms with Crippen molar-refractivity contribution in [2.24, 2.45) is 0 Å². The van der Waals surface area contributed by atoms with Crippen LogP contribution in [0.4, 0.5) is 0 Å². The highest BCUT2D eigenvalue weighted by Crippen LogP contribution is 1.85. The average Bonchev–Trinajstić information content (AvgIpc) is 2.14. The number of hydrogen-bond donors (Lipinski definition) is 0. The van der Waals surface area contributed by atoms with Crippen LogP contribution in [-0.4, -0.2) is 26.2 Å².